The van der Waals surface area contributed by atoms with Gasteiger partial charge in [0.05, 0.1) is 12.4 Å². The van der Waals surface area contributed by atoms with Crippen LogP contribution in [0.3, 0.4) is 0 Å². The first kappa shape index (κ1) is 31.8. The summed E-state index contributed by atoms with van der Waals surface area (Å²) in [5.74, 6) is -3.13. The summed E-state index contributed by atoms with van der Waals surface area (Å²) in [7, 11) is 0. The number of carbonyl (C=O) groups is 4. The van der Waals surface area contributed by atoms with Crippen LogP contribution in [0.5, 0.6) is 0 Å². The first-order valence-corrected chi connectivity index (χ1v) is 13.0. The summed E-state index contributed by atoms with van der Waals surface area (Å²) in [6.07, 6.45) is 5.04. The zero-order chi connectivity index (χ0) is 29.7. The molecule has 17 nitrogen and oxygen atoms in total. The molecule has 1 aliphatic heterocycles. The van der Waals surface area contributed by atoms with E-state index < -0.39 is 47.9 Å². The van der Waals surface area contributed by atoms with Gasteiger partial charge in [-0.2, -0.15) is 0 Å². The number of aromatic amines is 1. The topological polar surface area (TPSA) is 299 Å². The molecule has 0 saturated carbocycles. The van der Waals surface area contributed by atoms with Gasteiger partial charge in [0.1, 0.15) is 18.1 Å². The van der Waals surface area contributed by atoms with Crippen molar-refractivity contribution in [3.63, 3.8) is 0 Å². The predicted molar refractivity (Wildman–Crippen MR) is 146 cm³/mol. The van der Waals surface area contributed by atoms with Gasteiger partial charge in [-0.05, 0) is 38.5 Å². The van der Waals surface area contributed by atoms with Crippen LogP contribution in [0.15, 0.2) is 22.5 Å². The molecule has 2 heterocycles. The average molecular weight is 565 g/mol. The second-order valence-corrected chi connectivity index (χ2v) is 9.44. The van der Waals surface area contributed by atoms with Crippen LogP contribution in [0.25, 0.3) is 0 Å². The number of carbonyl (C=O) groups excluding carboxylic acids is 3. The van der Waals surface area contributed by atoms with E-state index >= 15 is 0 Å². The van der Waals surface area contributed by atoms with Crippen LogP contribution in [0.4, 0.5) is 0 Å². The number of carboxylic acids is 1. The SMILES string of the molecule is NC(N)=NCCCC(NC(=O)C(CCCN=C(N)N)NC(=O)C1CCCN1C(=O)C(N)Cc1cnc[nH]1)C(=O)O. The van der Waals surface area contributed by atoms with Crippen LogP contribution in [0.1, 0.15) is 44.2 Å². The molecule has 0 radical (unpaired) electrons. The fraction of sp³-hybridized carbons (Fsp3) is 0.609. The molecule has 0 bridgehead atoms. The van der Waals surface area contributed by atoms with Crippen LogP contribution in [-0.2, 0) is 25.6 Å². The van der Waals surface area contributed by atoms with Gasteiger partial charge in [0.25, 0.3) is 0 Å². The van der Waals surface area contributed by atoms with Crippen molar-refractivity contribution in [1.29, 1.82) is 0 Å². The van der Waals surface area contributed by atoms with Gasteiger partial charge in [-0.15, -0.1) is 0 Å². The molecule has 40 heavy (non-hydrogen) atoms. The number of carboxylic acid groups (broad SMARTS) is 1. The lowest BCUT2D eigenvalue weighted by Crippen LogP contribution is -2.56. The summed E-state index contributed by atoms with van der Waals surface area (Å²) in [5.41, 5.74) is 28.1. The third-order valence-electron chi connectivity index (χ3n) is 6.29. The number of imidazole rings is 1. The first-order valence-electron chi connectivity index (χ1n) is 13.0. The lowest BCUT2D eigenvalue weighted by Gasteiger charge is -2.28. The Bertz CT molecular complexity index is 1050. The molecule has 4 unspecified atom stereocenters. The maximum Gasteiger partial charge on any atom is 0.326 e. The minimum absolute atomic E-state index is 0.0612. The molecule has 4 atom stereocenters. The summed E-state index contributed by atoms with van der Waals surface area (Å²) in [6, 6.07) is -4.05. The average Bonchev–Trinajstić information content (AvgIpc) is 3.59. The molecule has 0 aromatic carbocycles. The lowest BCUT2D eigenvalue weighted by molar-refractivity contribution is -0.143. The zero-order valence-corrected chi connectivity index (χ0v) is 22.3. The first-order chi connectivity index (χ1) is 19.0. The van der Waals surface area contributed by atoms with E-state index in [0.717, 1.165) is 0 Å². The number of hydrogen-bond acceptors (Lipinski definition) is 8. The van der Waals surface area contributed by atoms with E-state index in [1.807, 2.05) is 0 Å². The monoisotopic (exact) mass is 564 g/mol. The number of amides is 3. The number of guanidine groups is 2. The molecule has 0 aliphatic carbocycles. The van der Waals surface area contributed by atoms with Gasteiger partial charge in [-0.25, -0.2) is 9.78 Å². The Morgan fingerprint density at radius 2 is 1.68 bits per heavy atom. The predicted octanol–water partition coefficient (Wildman–Crippen LogP) is -3.57. The standard InChI is InChI=1S/C23H40N12O5/c24-14(10-13-11-29-12-32-13)20(38)35-9-3-6-17(35)19(37)33-15(4-1-7-30-22(25)26)18(36)34-16(21(39)40)5-2-8-31-23(27)28/h11-12,14-17H,1-10,24H2,(H,29,32)(H,33,37)(H,34,36)(H,39,40)(H4,25,26,30)(H4,27,28,31). The second-order valence-electron chi connectivity index (χ2n) is 9.44. The summed E-state index contributed by atoms with van der Waals surface area (Å²) in [6.45, 7) is 0.722. The number of nitrogens with zero attached hydrogens (tertiary/aromatic N) is 4. The van der Waals surface area contributed by atoms with Crippen LogP contribution in [0, 0.1) is 0 Å². The van der Waals surface area contributed by atoms with Gasteiger partial charge in [-0.1, -0.05) is 0 Å². The Balaban J connectivity index is 2.08. The van der Waals surface area contributed by atoms with E-state index in [1.54, 1.807) is 6.20 Å². The van der Waals surface area contributed by atoms with Gasteiger partial charge in [-0.3, -0.25) is 24.4 Å². The molecule has 222 valence electrons. The molecular formula is C23H40N12O5. The van der Waals surface area contributed by atoms with Crippen LogP contribution in [-0.4, -0.2) is 99.4 Å². The Labute approximate surface area is 231 Å². The Morgan fingerprint density at radius 1 is 1.05 bits per heavy atom. The third-order valence-corrected chi connectivity index (χ3v) is 6.29. The van der Waals surface area contributed by atoms with Gasteiger partial charge in [0, 0.05) is 37.9 Å². The van der Waals surface area contributed by atoms with E-state index in [4.69, 9.17) is 28.7 Å². The third kappa shape index (κ3) is 10.4. The second kappa shape index (κ2) is 15.9. The number of nitrogens with two attached hydrogens (primary N) is 5. The highest BCUT2D eigenvalue weighted by atomic mass is 16.4. The van der Waals surface area contributed by atoms with Crippen LogP contribution >= 0.6 is 0 Å². The van der Waals surface area contributed by atoms with E-state index in [9.17, 15) is 24.3 Å². The number of aliphatic imine (C=N–C) groups is 2. The van der Waals surface area contributed by atoms with Gasteiger partial charge >= 0.3 is 5.97 Å². The molecule has 0 spiro atoms. The Morgan fingerprint density at radius 3 is 2.23 bits per heavy atom. The highest BCUT2D eigenvalue weighted by Crippen LogP contribution is 2.19. The maximum absolute atomic E-state index is 13.3. The quantitative estimate of drug-likeness (QED) is 0.0537. The van der Waals surface area contributed by atoms with Crippen LogP contribution < -0.4 is 39.3 Å². The fourth-order valence-electron chi connectivity index (χ4n) is 4.31. The van der Waals surface area contributed by atoms with Crippen molar-refractivity contribution in [1.82, 2.24) is 25.5 Å². The summed E-state index contributed by atoms with van der Waals surface area (Å²) in [5, 5.41) is 14.7. The maximum atomic E-state index is 13.3. The highest BCUT2D eigenvalue weighted by Gasteiger charge is 2.38. The number of aliphatic carboxylic acids is 1. The summed E-state index contributed by atoms with van der Waals surface area (Å²) in [4.78, 5) is 67.1. The Hall–Kier alpha value is -4.41. The fourth-order valence-corrected chi connectivity index (χ4v) is 4.31. The van der Waals surface area contributed by atoms with Crippen molar-refractivity contribution in [3.05, 3.63) is 18.2 Å². The number of likely N-dealkylation sites (tertiary alicyclic amines) is 1. The summed E-state index contributed by atoms with van der Waals surface area (Å²) >= 11 is 0. The summed E-state index contributed by atoms with van der Waals surface area (Å²) < 4.78 is 0. The lowest BCUT2D eigenvalue weighted by atomic mass is 10.1. The highest BCUT2D eigenvalue weighted by molar-refractivity contribution is 5.94. The van der Waals surface area contributed by atoms with E-state index in [1.165, 1.54) is 11.2 Å². The number of aromatic nitrogens is 2. The van der Waals surface area contributed by atoms with Crippen LogP contribution in [0.2, 0.25) is 0 Å². The molecule has 17 heteroatoms. The zero-order valence-electron chi connectivity index (χ0n) is 22.3. The minimum atomic E-state index is -1.25. The molecule has 1 aliphatic rings. The normalized spacial score (nSPS) is 16.8. The molecule has 3 amide bonds. The van der Waals surface area contributed by atoms with Crippen molar-refractivity contribution >= 4 is 35.6 Å². The van der Waals surface area contributed by atoms with Crippen molar-refractivity contribution in [2.24, 2.45) is 38.7 Å². The molecule has 1 fully saturated rings. The van der Waals surface area contributed by atoms with E-state index in [0.29, 0.717) is 37.9 Å². The van der Waals surface area contributed by atoms with E-state index in [2.05, 4.69) is 30.6 Å². The number of nitrogens with one attached hydrogen (secondary N) is 3. The van der Waals surface area contributed by atoms with Crippen molar-refractivity contribution in [2.75, 3.05) is 19.6 Å². The smallest absolute Gasteiger partial charge is 0.326 e. The molecule has 14 N–H and O–H groups in total. The molecule has 2 rings (SSSR count). The van der Waals surface area contributed by atoms with Gasteiger partial charge in [0.2, 0.25) is 17.7 Å². The van der Waals surface area contributed by atoms with E-state index in [-0.39, 0.29) is 44.3 Å². The minimum Gasteiger partial charge on any atom is -0.480 e. The number of rotatable bonds is 16. The molecule has 1 aromatic rings. The number of H-pyrrole nitrogens is 1. The molecular weight excluding hydrogens is 524 g/mol. The number of hydrogen-bond donors (Lipinski definition) is 9. The Kier molecular flexibility index (Phi) is 12.6. The van der Waals surface area contributed by atoms with Gasteiger partial charge < -0.3 is 54.3 Å². The largest absolute Gasteiger partial charge is 0.480 e. The van der Waals surface area contributed by atoms with Crippen molar-refractivity contribution in [3.8, 4) is 0 Å². The molecule has 1 saturated heterocycles. The van der Waals surface area contributed by atoms with Crippen molar-refractivity contribution < 1.29 is 24.3 Å². The molecule has 1 aromatic heterocycles. The van der Waals surface area contributed by atoms with Crippen molar-refractivity contribution in [2.45, 2.75) is 69.1 Å². The van der Waals surface area contributed by atoms with Gasteiger partial charge in [0.15, 0.2) is 11.9 Å².